The van der Waals surface area contributed by atoms with Crippen LogP contribution in [-0.4, -0.2) is 48.1 Å². The Labute approximate surface area is 108 Å². The summed E-state index contributed by atoms with van der Waals surface area (Å²) in [5.74, 6) is -0.437. The van der Waals surface area contributed by atoms with Gasteiger partial charge in [-0.05, 0) is 25.2 Å². The van der Waals surface area contributed by atoms with E-state index in [2.05, 4.69) is 5.32 Å². The zero-order valence-electron chi connectivity index (χ0n) is 10.9. The van der Waals surface area contributed by atoms with Crippen LogP contribution in [0.15, 0.2) is 0 Å². The fourth-order valence-corrected chi connectivity index (χ4v) is 3.39. The van der Waals surface area contributed by atoms with E-state index in [9.17, 15) is 14.7 Å². The largest absolute Gasteiger partial charge is 0.481 e. The summed E-state index contributed by atoms with van der Waals surface area (Å²) in [5.41, 5.74) is -0.578. The van der Waals surface area contributed by atoms with Crippen molar-refractivity contribution < 1.29 is 14.7 Å². The first-order valence-corrected chi connectivity index (χ1v) is 6.81. The lowest BCUT2D eigenvalue weighted by molar-refractivity contribution is -0.149. The van der Waals surface area contributed by atoms with Gasteiger partial charge in [0.25, 0.3) is 0 Å². The normalized spacial score (nSPS) is 31.3. The second-order valence-corrected chi connectivity index (χ2v) is 5.57. The molecular formula is C13H22N2O3. The van der Waals surface area contributed by atoms with Crippen LogP contribution in [-0.2, 0) is 9.59 Å². The first kappa shape index (κ1) is 13.3. The number of carboxylic acid groups (broad SMARTS) is 1. The van der Waals surface area contributed by atoms with Gasteiger partial charge in [0, 0.05) is 19.6 Å². The molecule has 0 aromatic heterocycles. The summed E-state index contributed by atoms with van der Waals surface area (Å²) in [5, 5.41) is 12.3. The van der Waals surface area contributed by atoms with Crippen LogP contribution < -0.4 is 5.32 Å². The topological polar surface area (TPSA) is 69.6 Å². The first-order chi connectivity index (χ1) is 8.58. The number of amides is 1. The minimum atomic E-state index is -0.679. The molecule has 2 aliphatic rings. The van der Waals surface area contributed by atoms with E-state index in [1.807, 2.05) is 11.8 Å². The number of aliphatic carboxylic acids is 1. The smallest absolute Gasteiger partial charge is 0.311 e. The quantitative estimate of drug-likeness (QED) is 0.757. The number of carbonyl (C=O) groups excluding carboxylic acids is 1. The maximum Gasteiger partial charge on any atom is 0.311 e. The molecule has 0 spiro atoms. The molecule has 102 valence electrons. The summed E-state index contributed by atoms with van der Waals surface area (Å²) in [6.45, 7) is 4.34. The summed E-state index contributed by atoms with van der Waals surface area (Å²) < 4.78 is 0. The van der Waals surface area contributed by atoms with Crippen molar-refractivity contribution in [3.63, 3.8) is 0 Å². The number of carbonyl (C=O) groups is 2. The molecular weight excluding hydrogens is 232 g/mol. The van der Waals surface area contributed by atoms with Crippen molar-refractivity contribution in [1.29, 1.82) is 0 Å². The molecule has 1 aliphatic heterocycles. The van der Waals surface area contributed by atoms with Crippen LogP contribution in [0.5, 0.6) is 0 Å². The Kier molecular flexibility index (Phi) is 3.90. The van der Waals surface area contributed by atoms with Crippen LogP contribution in [0.4, 0.5) is 0 Å². The van der Waals surface area contributed by atoms with Crippen LogP contribution in [0, 0.1) is 11.3 Å². The third-order valence-corrected chi connectivity index (χ3v) is 4.31. The average Bonchev–Trinajstić information content (AvgIpc) is 2.83. The Hall–Kier alpha value is -1.10. The molecule has 2 N–H and O–H groups in total. The summed E-state index contributed by atoms with van der Waals surface area (Å²) in [4.78, 5) is 25.1. The molecule has 1 heterocycles. The average molecular weight is 254 g/mol. The molecule has 0 bridgehead atoms. The maximum atomic E-state index is 11.7. The monoisotopic (exact) mass is 254 g/mol. The Morgan fingerprint density at radius 2 is 2.28 bits per heavy atom. The van der Waals surface area contributed by atoms with Gasteiger partial charge < -0.3 is 10.4 Å². The fraction of sp³-hybridized carbons (Fsp3) is 0.846. The lowest BCUT2D eigenvalue weighted by Gasteiger charge is -2.23. The van der Waals surface area contributed by atoms with Crippen LogP contribution in [0.25, 0.3) is 0 Å². The lowest BCUT2D eigenvalue weighted by Crippen LogP contribution is -2.39. The van der Waals surface area contributed by atoms with E-state index in [0.29, 0.717) is 19.6 Å². The minimum Gasteiger partial charge on any atom is -0.481 e. The Bertz CT molecular complexity index is 345. The SMILES string of the molecule is CCCNC(=O)CN1C[C@@H]2CCC[C@@]2(C(=O)O)C1. The zero-order chi connectivity index (χ0) is 13.2. The van der Waals surface area contributed by atoms with Crippen molar-refractivity contribution >= 4 is 11.9 Å². The van der Waals surface area contributed by atoms with E-state index < -0.39 is 11.4 Å². The van der Waals surface area contributed by atoms with Crippen molar-refractivity contribution in [3.05, 3.63) is 0 Å². The third kappa shape index (κ3) is 2.36. The highest BCUT2D eigenvalue weighted by molar-refractivity contribution is 5.79. The van der Waals surface area contributed by atoms with Crippen molar-refractivity contribution in [3.8, 4) is 0 Å². The molecule has 2 atom stereocenters. The highest BCUT2D eigenvalue weighted by atomic mass is 16.4. The summed E-state index contributed by atoms with van der Waals surface area (Å²) in [7, 11) is 0. The number of hydrogen-bond acceptors (Lipinski definition) is 3. The molecule has 0 aromatic rings. The van der Waals surface area contributed by atoms with E-state index in [1.54, 1.807) is 0 Å². The van der Waals surface area contributed by atoms with Gasteiger partial charge in [-0.1, -0.05) is 13.3 Å². The molecule has 0 aromatic carbocycles. The maximum absolute atomic E-state index is 11.7. The molecule has 2 rings (SSSR count). The number of nitrogens with zero attached hydrogens (tertiary/aromatic N) is 1. The van der Waals surface area contributed by atoms with Crippen molar-refractivity contribution in [2.45, 2.75) is 32.6 Å². The van der Waals surface area contributed by atoms with E-state index >= 15 is 0 Å². The fourth-order valence-electron chi connectivity index (χ4n) is 3.39. The van der Waals surface area contributed by atoms with Gasteiger partial charge in [0.2, 0.25) is 5.91 Å². The van der Waals surface area contributed by atoms with Gasteiger partial charge in [0.1, 0.15) is 0 Å². The Balaban J connectivity index is 1.91. The van der Waals surface area contributed by atoms with Crippen LogP contribution in [0.2, 0.25) is 0 Å². The van der Waals surface area contributed by atoms with E-state index in [-0.39, 0.29) is 11.8 Å². The molecule has 1 aliphatic carbocycles. The molecule has 0 radical (unpaired) electrons. The number of likely N-dealkylation sites (tertiary alicyclic amines) is 1. The van der Waals surface area contributed by atoms with Gasteiger partial charge in [-0.3, -0.25) is 14.5 Å². The highest BCUT2D eigenvalue weighted by Gasteiger charge is 2.54. The summed E-state index contributed by atoms with van der Waals surface area (Å²) in [6.07, 6.45) is 3.68. The minimum absolute atomic E-state index is 0.0114. The van der Waals surface area contributed by atoms with E-state index in [0.717, 1.165) is 32.2 Å². The van der Waals surface area contributed by atoms with Gasteiger partial charge in [-0.2, -0.15) is 0 Å². The predicted octanol–water partition coefficient (Wildman–Crippen LogP) is 0.699. The second kappa shape index (κ2) is 5.26. The number of carboxylic acids is 1. The van der Waals surface area contributed by atoms with E-state index in [4.69, 9.17) is 0 Å². The molecule has 1 saturated heterocycles. The van der Waals surface area contributed by atoms with Crippen LogP contribution in [0.1, 0.15) is 32.6 Å². The van der Waals surface area contributed by atoms with Crippen molar-refractivity contribution in [1.82, 2.24) is 10.2 Å². The number of hydrogen-bond donors (Lipinski definition) is 2. The lowest BCUT2D eigenvalue weighted by atomic mass is 9.81. The second-order valence-electron chi connectivity index (χ2n) is 5.57. The molecule has 5 heteroatoms. The summed E-state index contributed by atoms with van der Waals surface area (Å²) >= 11 is 0. The van der Waals surface area contributed by atoms with Gasteiger partial charge in [0.15, 0.2) is 0 Å². The van der Waals surface area contributed by atoms with Gasteiger partial charge >= 0.3 is 5.97 Å². The standard InChI is InChI=1S/C13H22N2O3/c1-2-6-14-11(16)8-15-7-10-4-3-5-13(10,9-15)12(17)18/h10H,2-9H2,1H3,(H,14,16)(H,17,18)/t10-,13+/m0/s1. The molecule has 1 saturated carbocycles. The molecule has 5 nitrogen and oxygen atoms in total. The van der Waals surface area contributed by atoms with E-state index in [1.165, 1.54) is 0 Å². The van der Waals surface area contributed by atoms with Crippen LogP contribution >= 0.6 is 0 Å². The number of nitrogens with one attached hydrogen (secondary N) is 1. The van der Waals surface area contributed by atoms with Crippen LogP contribution in [0.3, 0.4) is 0 Å². The number of fused-ring (bicyclic) bond motifs is 1. The Morgan fingerprint density at radius 1 is 1.50 bits per heavy atom. The van der Waals surface area contributed by atoms with Gasteiger partial charge in [-0.15, -0.1) is 0 Å². The zero-order valence-corrected chi connectivity index (χ0v) is 10.9. The highest BCUT2D eigenvalue weighted by Crippen LogP contribution is 2.48. The molecule has 18 heavy (non-hydrogen) atoms. The van der Waals surface area contributed by atoms with Gasteiger partial charge in [0.05, 0.1) is 12.0 Å². The Morgan fingerprint density at radius 3 is 2.89 bits per heavy atom. The van der Waals surface area contributed by atoms with Gasteiger partial charge in [-0.25, -0.2) is 0 Å². The summed E-state index contributed by atoms with van der Waals surface area (Å²) in [6, 6.07) is 0. The molecule has 1 amide bonds. The molecule has 0 unspecified atom stereocenters. The first-order valence-electron chi connectivity index (χ1n) is 6.81. The molecule has 2 fully saturated rings. The van der Waals surface area contributed by atoms with Crippen molar-refractivity contribution in [2.75, 3.05) is 26.2 Å². The number of rotatable bonds is 5. The third-order valence-electron chi connectivity index (χ3n) is 4.31. The van der Waals surface area contributed by atoms with Crippen molar-refractivity contribution in [2.24, 2.45) is 11.3 Å². The predicted molar refractivity (Wildman–Crippen MR) is 67.2 cm³/mol.